The van der Waals surface area contributed by atoms with Crippen LogP contribution in [0.1, 0.15) is 33.2 Å². The van der Waals surface area contributed by atoms with Gasteiger partial charge in [-0.3, -0.25) is 19.3 Å². The average molecular weight is 391 g/mol. The normalized spacial score (nSPS) is 13.4. The minimum absolute atomic E-state index is 0.231. The van der Waals surface area contributed by atoms with Gasteiger partial charge in [0.15, 0.2) is 6.61 Å². The number of ether oxygens (including phenoxy) is 1. The van der Waals surface area contributed by atoms with Crippen LogP contribution in [-0.2, 0) is 20.7 Å². The first-order valence-electron chi connectivity index (χ1n) is 8.81. The van der Waals surface area contributed by atoms with Gasteiger partial charge in [0.1, 0.15) is 6.04 Å². The highest BCUT2D eigenvalue weighted by atomic mass is 16.5. The number of amides is 3. The number of carbonyl (C=O) groups is 4. The van der Waals surface area contributed by atoms with Gasteiger partial charge in [-0.25, -0.2) is 4.79 Å². The summed E-state index contributed by atoms with van der Waals surface area (Å²) in [6.07, 6.45) is 0.265. The van der Waals surface area contributed by atoms with Crippen LogP contribution < -0.4 is 5.32 Å². The number of nitriles is 1. The molecule has 3 rings (SSSR count). The highest BCUT2D eigenvalue weighted by Crippen LogP contribution is 2.24. The van der Waals surface area contributed by atoms with Crippen LogP contribution in [0.5, 0.6) is 0 Å². The first kappa shape index (κ1) is 19.8. The van der Waals surface area contributed by atoms with E-state index in [1.54, 1.807) is 36.4 Å². The lowest BCUT2D eigenvalue weighted by molar-refractivity contribution is -0.150. The fourth-order valence-corrected chi connectivity index (χ4v) is 2.92. The van der Waals surface area contributed by atoms with Crippen molar-refractivity contribution < 1.29 is 23.9 Å². The highest BCUT2D eigenvalue weighted by molar-refractivity contribution is 6.22. The summed E-state index contributed by atoms with van der Waals surface area (Å²) in [6, 6.07) is 13.8. The SMILES string of the molecule is C[C@@H](C(=O)OCC(=O)Nc1ccc(CC#N)cc1)N1C(=O)c2ccccc2C1=O. The van der Waals surface area contributed by atoms with Crippen molar-refractivity contribution in [3.8, 4) is 6.07 Å². The molecule has 2 aromatic carbocycles. The Morgan fingerprint density at radius 2 is 1.66 bits per heavy atom. The topological polar surface area (TPSA) is 117 Å². The van der Waals surface area contributed by atoms with Crippen molar-refractivity contribution in [3.05, 3.63) is 65.2 Å². The van der Waals surface area contributed by atoms with Crippen LogP contribution in [0.15, 0.2) is 48.5 Å². The third kappa shape index (κ3) is 4.14. The van der Waals surface area contributed by atoms with Crippen LogP contribution in [0.3, 0.4) is 0 Å². The molecule has 29 heavy (non-hydrogen) atoms. The summed E-state index contributed by atoms with van der Waals surface area (Å²) in [6.45, 7) is 0.808. The fourth-order valence-electron chi connectivity index (χ4n) is 2.92. The number of esters is 1. The van der Waals surface area contributed by atoms with Gasteiger partial charge >= 0.3 is 5.97 Å². The van der Waals surface area contributed by atoms with Crippen molar-refractivity contribution in [1.82, 2.24) is 4.90 Å². The quantitative estimate of drug-likeness (QED) is 0.594. The Bertz CT molecular complexity index is 988. The van der Waals surface area contributed by atoms with E-state index in [0.29, 0.717) is 5.69 Å². The Balaban J connectivity index is 1.55. The van der Waals surface area contributed by atoms with Crippen molar-refractivity contribution in [1.29, 1.82) is 5.26 Å². The number of hydrogen-bond acceptors (Lipinski definition) is 6. The molecule has 0 fully saturated rings. The predicted molar refractivity (Wildman–Crippen MR) is 102 cm³/mol. The van der Waals surface area contributed by atoms with Crippen molar-refractivity contribution in [3.63, 3.8) is 0 Å². The first-order chi connectivity index (χ1) is 13.9. The fraction of sp³-hybridized carbons (Fsp3) is 0.190. The number of hydrogen-bond donors (Lipinski definition) is 1. The molecule has 0 saturated heterocycles. The molecule has 1 N–H and O–H groups in total. The maximum absolute atomic E-state index is 12.4. The Labute approximate surface area is 166 Å². The van der Waals surface area contributed by atoms with E-state index in [1.165, 1.54) is 19.1 Å². The van der Waals surface area contributed by atoms with Gasteiger partial charge in [0.05, 0.1) is 23.6 Å². The minimum atomic E-state index is -1.17. The number of imide groups is 1. The summed E-state index contributed by atoms with van der Waals surface area (Å²) >= 11 is 0. The molecule has 8 nitrogen and oxygen atoms in total. The van der Waals surface area contributed by atoms with E-state index in [-0.39, 0.29) is 17.5 Å². The lowest BCUT2D eigenvalue weighted by Crippen LogP contribution is -2.44. The molecular formula is C21H17N3O5. The van der Waals surface area contributed by atoms with Crippen LogP contribution in [-0.4, -0.2) is 41.2 Å². The molecule has 0 saturated carbocycles. The Hall–Kier alpha value is -3.99. The average Bonchev–Trinajstić information content (AvgIpc) is 2.98. The Morgan fingerprint density at radius 1 is 1.07 bits per heavy atom. The molecule has 0 unspecified atom stereocenters. The van der Waals surface area contributed by atoms with Gasteiger partial charge in [0, 0.05) is 5.69 Å². The van der Waals surface area contributed by atoms with Crippen LogP contribution in [0.4, 0.5) is 5.69 Å². The number of rotatable bonds is 6. The molecule has 0 aliphatic carbocycles. The summed E-state index contributed by atoms with van der Waals surface area (Å²) in [5.74, 6) is -2.58. The zero-order valence-corrected chi connectivity index (χ0v) is 15.5. The third-order valence-corrected chi connectivity index (χ3v) is 4.42. The zero-order valence-electron chi connectivity index (χ0n) is 15.5. The van der Waals surface area contributed by atoms with Crippen molar-refractivity contribution in [2.45, 2.75) is 19.4 Å². The molecule has 0 spiro atoms. The minimum Gasteiger partial charge on any atom is -0.454 e. The second-order valence-electron chi connectivity index (χ2n) is 6.39. The summed E-state index contributed by atoms with van der Waals surface area (Å²) in [4.78, 5) is 49.9. The molecule has 146 valence electrons. The van der Waals surface area contributed by atoms with E-state index in [4.69, 9.17) is 10.00 Å². The largest absolute Gasteiger partial charge is 0.454 e. The van der Waals surface area contributed by atoms with E-state index in [9.17, 15) is 19.2 Å². The smallest absolute Gasteiger partial charge is 0.329 e. The third-order valence-electron chi connectivity index (χ3n) is 4.42. The molecule has 1 atom stereocenters. The zero-order chi connectivity index (χ0) is 21.0. The molecule has 1 aliphatic rings. The summed E-state index contributed by atoms with van der Waals surface area (Å²) in [7, 11) is 0. The number of carbonyl (C=O) groups excluding carboxylic acids is 4. The lowest BCUT2D eigenvalue weighted by Gasteiger charge is -2.20. The van der Waals surface area contributed by atoms with Gasteiger partial charge < -0.3 is 10.1 Å². The molecule has 0 bridgehead atoms. The van der Waals surface area contributed by atoms with Gasteiger partial charge in [-0.2, -0.15) is 5.26 Å². The maximum Gasteiger partial charge on any atom is 0.329 e. The van der Waals surface area contributed by atoms with E-state index < -0.39 is 36.3 Å². The second-order valence-corrected chi connectivity index (χ2v) is 6.39. The molecular weight excluding hydrogens is 374 g/mol. The first-order valence-corrected chi connectivity index (χ1v) is 8.81. The molecule has 1 aliphatic heterocycles. The monoisotopic (exact) mass is 391 g/mol. The molecule has 8 heteroatoms. The lowest BCUT2D eigenvalue weighted by atomic mass is 10.1. The van der Waals surface area contributed by atoms with Crippen LogP contribution in [0.25, 0.3) is 0 Å². The second kappa shape index (κ2) is 8.35. The molecule has 0 aromatic heterocycles. The highest BCUT2D eigenvalue weighted by Gasteiger charge is 2.41. The molecule has 1 heterocycles. The van der Waals surface area contributed by atoms with Gasteiger partial charge in [-0.15, -0.1) is 0 Å². The number of fused-ring (bicyclic) bond motifs is 1. The van der Waals surface area contributed by atoms with Crippen LogP contribution >= 0.6 is 0 Å². The van der Waals surface area contributed by atoms with E-state index in [0.717, 1.165) is 10.5 Å². The van der Waals surface area contributed by atoms with Crippen LogP contribution in [0, 0.1) is 11.3 Å². The van der Waals surface area contributed by atoms with Crippen molar-refractivity contribution >= 4 is 29.4 Å². The molecule has 3 amide bonds. The van der Waals surface area contributed by atoms with E-state index in [2.05, 4.69) is 5.32 Å². The number of benzene rings is 2. The Morgan fingerprint density at radius 3 is 2.21 bits per heavy atom. The molecule has 2 aromatic rings. The van der Waals surface area contributed by atoms with Crippen molar-refractivity contribution in [2.24, 2.45) is 0 Å². The Kier molecular flexibility index (Phi) is 5.69. The van der Waals surface area contributed by atoms with Gasteiger partial charge in [0.25, 0.3) is 17.7 Å². The van der Waals surface area contributed by atoms with E-state index >= 15 is 0 Å². The number of anilines is 1. The van der Waals surface area contributed by atoms with Gasteiger partial charge in [0.2, 0.25) is 0 Å². The number of nitrogens with one attached hydrogen (secondary N) is 1. The van der Waals surface area contributed by atoms with Gasteiger partial charge in [-0.05, 0) is 36.8 Å². The van der Waals surface area contributed by atoms with Gasteiger partial charge in [-0.1, -0.05) is 24.3 Å². The predicted octanol–water partition coefficient (Wildman–Crippen LogP) is 1.92. The van der Waals surface area contributed by atoms with Crippen molar-refractivity contribution in [2.75, 3.05) is 11.9 Å². The molecule has 0 radical (unpaired) electrons. The summed E-state index contributed by atoms with van der Waals surface area (Å²) < 4.78 is 4.97. The van der Waals surface area contributed by atoms with Crippen LogP contribution in [0.2, 0.25) is 0 Å². The standard InChI is InChI=1S/C21H17N3O5/c1-13(24-19(26)16-4-2-3-5-17(16)20(24)27)21(28)29-12-18(25)23-15-8-6-14(7-9-15)10-11-22/h2-9,13H,10,12H2,1H3,(H,23,25)/t13-/m0/s1. The number of nitrogens with zero attached hydrogens (tertiary/aromatic N) is 2. The van der Waals surface area contributed by atoms with E-state index in [1.807, 2.05) is 6.07 Å². The summed E-state index contributed by atoms with van der Waals surface area (Å²) in [5, 5.41) is 11.2. The maximum atomic E-state index is 12.4. The summed E-state index contributed by atoms with van der Waals surface area (Å²) in [5.41, 5.74) is 1.76.